The Morgan fingerprint density at radius 2 is 2.12 bits per heavy atom. The van der Waals surface area contributed by atoms with Crippen LogP contribution in [-0.4, -0.2) is 18.3 Å². The highest BCUT2D eigenvalue weighted by molar-refractivity contribution is 5.29. The third-order valence-corrected chi connectivity index (χ3v) is 4.24. The molecule has 1 heterocycles. The number of rotatable bonds is 3. The van der Waals surface area contributed by atoms with E-state index in [1.165, 1.54) is 24.8 Å². The Balaban J connectivity index is 1.76. The Morgan fingerprint density at radius 3 is 2.76 bits per heavy atom. The third-order valence-electron chi connectivity index (χ3n) is 4.24. The second-order valence-electron chi connectivity index (χ2n) is 5.37. The number of aliphatic hydroxyl groups is 1. The normalized spacial score (nSPS) is 26.8. The van der Waals surface area contributed by atoms with Gasteiger partial charge >= 0.3 is 0 Å². The summed E-state index contributed by atoms with van der Waals surface area (Å²) in [6.07, 6.45) is 4.61. The zero-order chi connectivity index (χ0) is 11.7. The van der Waals surface area contributed by atoms with E-state index in [0.29, 0.717) is 6.61 Å². The van der Waals surface area contributed by atoms with Crippen molar-refractivity contribution in [2.45, 2.75) is 37.7 Å². The van der Waals surface area contributed by atoms with Crippen molar-refractivity contribution < 1.29 is 9.84 Å². The molecule has 2 unspecified atom stereocenters. The summed E-state index contributed by atoms with van der Waals surface area (Å²) in [6.45, 7) is 1.50. The predicted molar refractivity (Wildman–Crippen MR) is 66.9 cm³/mol. The molecule has 0 radical (unpaired) electrons. The van der Waals surface area contributed by atoms with E-state index in [2.05, 4.69) is 18.2 Å². The molecule has 1 N–H and O–H groups in total. The molecule has 0 spiro atoms. The summed E-state index contributed by atoms with van der Waals surface area (Å²) >= 11 is 0. The van der Waals surface area contributed by atoms with Gasteiger partial charge in [-0.2, -0.15) is 0 Å². The number of aliphatic hydroxyl groups excluding tert-OH is 1. The van der Waals surface area contributed by atoms with Crippen molar-refractivity contribution in [3.05, 3.63) is 35.4 Å². The van der Waals surface area contributed by atoms with Crippen molar-refractivity contribution in [3.8, 4) is 0 Å². The van der Waals surface area contributed by atoms with Gasteiger partial charge in [-0.25, -0.2) is 0 Å². The summed E-state index contributed by atoms with van der Waals surface area (Å²) in [4.78, 5) is 0. The lowest BCUT2D eigenvalue weighted by Gasteiger charge is -2.27. The highest BCUT2D eigenvalue weighted by Gasteiger charge is 2.26. The minimum atomic E-state index is -0.350. The second-order valence-corrected chi connectivity index (χ2v) is 5.37. The Kier molecular flexibility index (Phi) is 3.17. The monoisotopic (exact) mass is 232 g/mol. The van der Waals surface area contributed by atoms with Gasteiger partial charge in [0, 0.05) is 12.5 Å². The van der Waals surface area contributed by atoms with E-state index in [-0.39, 0.29) is 12.0 Å². The summed E-state index contributed by atoms with van der Waals surface area (Å²) < 4.78 is 5.35. The first kappa shape index (κ1) is 11.2. The first-order valence-corrected chi connectivity index (χ1v) is 6.70. The van der Waals surface area contributed by atoms with Crippen LogP contribution in [0.4, 0.5) is 0 Å². The molecule has 1 aromatic rings. The molecule has 0 amide bonds. The lowest BCUT2D eigenvalue weighted by Crippen LogP contribution is -2.14. The van der Waals surface area contributed by atoms with Crippen molar-refractivity contribution in [2.24, 2.45) is 5.92 Å². The highest BCUT2D eigenvalue weighted by atomic mass is 16.5. The van der Waals surface area contributed by atoms with Crippen LogP contribution in [-0.2, 0) is 4.74 Å². The number of hydrogen-bond donors (Lipinski definition) is 1. The minimum Gasteiger partial charge on any atom is -0.388 e. The molecule has 3 rings (SSSR count). The maximum Gasteiger partial charge on any atom is 0.0841 e. The van der Waals surface area contributed by atoms with Gasteiger partial charge in [0.25, 0.3) is 0 Å². The first-order valence-electron chi connectivity index (χ1n) is 6.70. The van der Waals surface area contributed by atoms with Crippen molar-refractivity contribution in [1.29, 1.82) is 0 Å². The van der Waals surface area contributed by atoms with Gasteiger partial charge in [0.1, 0.15) is 0 Å². The topological polar surface area (TPSA) is 29.5 Å². The van der Waals surface area contributed by atoms with E-state index < -0.39 is 0 Å². The van der Waals surface area contributed by atoms with E-state index in [0.717, 1.165) is 24.5 Å². The summed E-state index contributed by atoms with van der Waals surface area (Å²) in [7, 11) is 0. The average Bonchev–Trinajstić information content (AvgIpc) is 2.79. The molecular formula is C15H20O2. The molecule has 2 nitrogen and oxygen atoms in total. The number of benzene rings is 1. The lowest BCUT2D eigenvalue weighted by molar-refractivity contribution is 0.0917. The molecule has 1 aliphatic carbocycles. The Bertz CT molecular complexity index is 378. The highest BCUT2D eigenvalue weighted by Crippen LogP contribution is 2.38. The largest absolute Gasteiger partial charge is 0.388 e. The van der Waals surface area contributed by atoms with E-state index in [9.17, 15) is 5.11 Å². The van der Waals surface area contributed by atoms with Crippen LogP contribution in [0.2, 0.25) is 0 Å². The molecule has 92 valence electrons. The van der Waals surface area contributed by atoms with E-state index >= 15 is 0 Å². The minimum absolute atomic E-state index is 0.284. The van der Waals surface area contributed by atoms with Gasteiger partial charge in [-0.3, -0.25) is 0 Å². The SMILES string of the molecule is OC(c1cccc(C2CCC2)c1)C1CCOC1. The quantitative estimate of drug-likeness (QED) is 0.868. The van der Waals surface area contributed by atoms with Crippen LogP contribution in [0.3, 0.4) is 0 Å². The molecule has 2 atom stereocenters. The average molecular weight is 232 g/mol. The Labute approximate surface area is 103 Å². The van der Waals surface area contributed by atoms with E-state index in [1.54, 1.807) is 0 Å². The van der Waals surface area contributed by atoms with Crippen LogP contribution in [0.25, 0.3) is 0 Å². The third kappa shape index (κ3) is 2.24. The molecule has 1 saturated carbocycles. The second kappa shape index (κ2) is 4.79. The summed E-state index contributed by atoms with van der Waals surface area (Å²) in [5.74, 6) is 1.02. The van der Waals surface area contributed by atoms with Crippen LogP contribution < -0.4 is 0 Å². The van der Waals surface area contributed by atoms with Gasteiger partial charge in [-0.05, 0) is 36.3 Å². The van der Waals surface area contributed by atoms with Crippen molar-refractivity contribution in [1.82, 2.24) is 0 Å². The van der Waals surface area contributed by atoms with Gasteiger partial charge in [-0.15, -0.1) is 0 Å². The number of hydrogen-bond acceptors (Lipinski definition) is 2. The number of ether oxygens (including phenoxy) is 1. The maximum atomic E-state index is 10.3. The summed E-state index contributed by atoms with van der Waals surface area (Å²) in [5, 5.41) is 10.3. The fourth-order valence-corrected chi connectivity index (χ4v) is 2.81. The molecule has 1 aromatic carbocycles. The maximum absolute atomic E-state index is 10.3. The standard InChI is InChI=1S/C15H20O2/c16-15(14-7-8-17-10-14)13-6-2-5-12(9-13)11-3-1-4-11/h2,5-6,9,11,14-16H,1,3-4,7-8,10H2. The van der Waals surface area contributed by atoms with Crippen LogP contribution >= 0.6 is 0 Å². The summed E-state index contributed by atoms with van der Waals surface area (Å²) in [5.41, 5.74) is 2.48. The molecule has 1 saturated heterocycles. The van der Waals surface area contributed by atoms with Gasteiger partial charge < -0.3 is 9.84 Å². The smallest absolute Gasteiger partial charge is 0.0841 e. The van der Waals surface area contributed by atoms with Crippen molar-refractivity contribution in [2.75, 3.05) is 13.2 Å². The van der Waals surface area contributed by atoms with Crippen LogP contribution in [0.5, 0.6) is 0 Å². The fraction of sp³-hybridized carbons (Fsp3) is 0.600. The van der Waals surface area contributed by atoms with Crippen LogP contribution in [0.15, 0.2) is 24.3 Å². The lowest BCUT2D eigenvalue weighted by atomic mass is 9.79. The predicted octanol–water partition coefficient (Wildman–Crippen LogP) is 3.02. The molecule has 17 heavy (non-hydrogen) atoms. The van der Waals surface area contributed by atoms with E-state index in [4.69, 9.17) is 4.74 Å². The molecule has 1 aliphatic heterocycles. The van der Waals surface area contributed by atoms with Crippen LogP contribution in [0, 0.1) is 5.92 Å². The van der Waals surface area contributed by atoms with Crippen molar-refractivity contribution in [3.63, 3.8) is 0 Å². The molecule has 2 aliphatic rings. The van der Waals surface area contributed by atoms with Gasteiger partial charge in [0.05, 0.1) is 12.7 Å². The first-order chi connectivity index (χ1) is 8.34. The Morgan fingerprint density at radius 1 is 1.24 bits per heavy atom. The van der Waals surface area contributed by atoms with Crippen molar-refractivity contribution >= 4 is 0 Å². The molecular weight excluding hydrogens is 212 g/mol. The van der Waals surface area contributed by atoms with Gasteiger partial charge in [0.15, 0.2) is 0 Å². The summed E-state index contributed by atoms with van der Waals surface area (Å²) in [6, 6.07) is 8.53. The molecule has 2 fully saturated rings. The van der Waals surface area contributed by atoms with E-state index in [1.807, 2.05) is 6.07 Å². The van der Waals surface area contributed by atoms with Gasteiger partial charge in [0.2, 0.25) is 0 Å². The van der Waals surface area contributed by atoms with Crippen LogP contribution in [0.1, 0.15) is 48.8 Å². The fourth-order valence-electron chi connectivity index (χ4n) is 2.81. The Hall–Kier alpha value is -0.860. The molecule has 0 bridgehead atoms. The molecule has 0 aromatic heterocycles. The zero-order valence-corrected chi connectivity index (χ0v) is 10.1. The molecule has 2 heteroatoms. The van der Waals surface area contributed by atoms with Gasteiger partial charge in [-0.1, -0.05) is 30.7 Å². The zero-order valence-electron chi connectivity index (χ0n) is 10.1.